The lowest BCUT2D eigenvalue weighted by Crippen LogP contribution is -1.95. The van der Waals surface area contributed by atoms with Gasteiger partial charge in [-0.05, 0) is 17.7 Å². The maximum atomic E-state index is 5.49. The molecule has 1 nitrogen and oxygen atoms in total. The maximum Gasteiger partial charge on any atom is 0.0178 e. The van der Waals surface area contributed by atoms with Crippen LogP contribution in [0.15, 0.2) is 29.2 Å². The molecule has 0 bridgehead atoms. The van der Waals surface area contributed by atoms with E-state index in [4.69, 9.17) is 5.73 Å². The molecule has 1 aromatic carbocycles. The number of rotatable bonds is 3. The van der Waals surface area contributed by atoms with Gasteiger partial charge in [-0.15, -0.1) is 11.8 Å². The van der Waals surface area contributed by atoms with Crippen molar-refractivity contribution in [2.45, 2.75) is 30.5 Å². The first-order valence-corrected chi connectivity index (χ1v) is 5.06. The number of benzene rings is 1. The van der Waals surface area contributed by atoms with E-state index in [-0.39, 0.29) is 0 Å². The quantitative estimate of drug-likeness (QED) is 0.725. The van der Waals surface area contributed by atoms with Crippen LogP contribution in [-0.4, -0.2) is 5.25 Å². The van der Waals surface area contributed by atoms with Crippen molar-refractivity contribution in [3.63, 3.8) is 0 Å². The highest BCUT2D eigenvalue weighted by atomic mass is 32.2. The molecule has 1 rings (SSSR count). The summed E-state index contributed by atoms with van der Waals surface area (Å²) in [5, 5.41) is 0.647. The largest absolute Gasteiger partial charge is 0.326 e. The van der Waals surface area contributed by atoms with Crippen LogP contribution in [0.2, 0.25) is 0 Å². The van der Waals surface area contributed by atoms with E-state index < -0.39 is 0 Å². The van der Waals surface area contributed by atoms with Gasteiger partial charge in [0, 0.05) is 16.7 Å². The van der Waals surface area contributed by atoms with Crippen molar-refractivity contribution in [1.29, 1.82) is 0 Å². The van der Waals surface area contributed by atoms with Crippen LogP contribution in [0.4, 0.5) is 0 Å². The van der Waals surface area contributed by atoms with Crippen LogP contribution in [0, 0.1) is 0 Å². The third-order valence-corrected chi connectivity index (χ3v) is 2.55. The smallest absolute Gasteiger partial charge is 0.0178 e. The van der Waals surface area contributed by atoms with Gasteiger partial charge < -0.3 is 5.73 Å². The van der Waals surface area contributed by atoms with Crippen molar-refractivity contribution in [1.82, 2.24) is 0 Å². The summed E-state index contributed by atoms with van der Waals surface area (Å²) in [6.45, 7) is 5.02. The molecule has 0 fully saturated rings. The van der Waals surface area contributed by atoms with Crippen molar-refractivity contribution < 1.29 is 0 Å². The van der Waals surface area contributed by atoms with Gasteiger partial charge >= 0.3 is 0 Å². The topological polar surface area (TPSA) is 26.0 Å². The standard InChI is InChI=1S/C10H15NS/c1-8(2)12-10-5-3-9(7-11)4-6-10/h3-6,8H,7,11H2,1-2H3. The fraction of sp³-hybridized carbons (Fsp3) is 0.400. The van der Waals surface area contributed by atoms with Gasteiger partial charge in [0.05, 0.1) is 0 Å². The molecule has 0 spiro atoms. The minimum Gasteiger partial charge on any atom is -0.326 e. The van der Waals surface area contributed by atoms with Crippen molar-refractivity contribution in [3.05, 3.63) is 29.8 Å². The van der Waals surface area contributed by atoms with E-state index in [9.17, 15) is 0 Å². The van der Waals surface area contributed by atoms with E-state index in [1.54, 1.807) is 0 Å². The van der Waals surface area contributed by atoms with Crippen LogP contribution in [0.5, 0.6) is 0 Å². The van der Waals surface area contributed by atoms with Crippen molar-refractivity contribution in [2.75, 3.05) is 0 Å². The van der Waals surface area contributed by atoms with E-state index >= 15 is 0 Å². The lowest BCUT2D eigenvalue weighted by molar-refractivity contribution is 1.06. The van der Waals surface area contributed by atoms with Crippen LogP contribution in [0.3, 0.4) is 0 Å². The fourth-order valence-corrected chi connectivity index (χ4v) is 1.81. The zero-order valence-corrected chi connectivity index (χ0v) is 8.40. The van der Waals surface area contributed by atoms with Gasteiger partial charge in [0.1, 0.15) is 0 Å². The van der Waals surface area contributed by atoms with Crippen LogP contribution >= 0.6 is 11.8 Å². The fourth-order valence-electron chi connectivity index (χ4n) is 0.976. The average Bonchev–Trinajstić information content (AvgIpc) is 2.05. The van der Waals surface area contributed by atoms with Gasteiger partial charge in [0.15, 0.2) is 0 Å². The average molecular weight is 181 g/mol. The van der Waals surface area contributed by atoms with E-state index in [0.29, 0.717) is 11.8 Å². The Morgan fingerprint density at radius 1 is 1.25 bits per heavy atom. The summed E-state index contributed by atoms with van der Waals surface area (Å²) in [5.74, 6) is 0. The summed E-state index contributed by atoms with van der Waals surface area (Å²) in [4.78, 5) is 1.32. The molecule has 0 amide bonds. The lowest BCUT2D eigenvalue weighted by Gasteiger charge is -2.04. The molecule has 0 saturated heterocycles. The van der Waals surface area contributed by atoms with Crippen LogP contribution < -0.4 is 5.73 Å². The van der Waals surface area contributed by atoms with Gasteiger partial charge in [0.2, 0.25) is 0 Å². The summed E-state index contributed by atoms with van der Waals surface area (Å²) < 4.78 is 0. The molecule has 0 aliphatic rings. The third-order valence-electron chi connectivity index (χ3n) is 1.53. The predicted octanol–water partition coefficient (Wildman–Crippen LogP) is 2.65. The minimum absolute atomic E-state index is 0.632. The zero-order chi connectivity index (χ0) is 8.97. The van der Waals surface area contributed by atoms with E-state index in [1.165, 1.54) is 10.5 Å². The van der Waals surface area contributed by atoms with Crippen molar-refractivity contribution >= 4 is 11.8 Å². The van der Waals surface area contributed by atoms with Gasteiger partial charge in [-0.2, -0.15) is 0 Å². The van der Waals surface area contributed by atoms with Crippen LogP contribution in [0.25, 0.3) is 0 Å². The summed E-state index contributed by atoms with van der Waals surface area (Å²) in [6.07, 6.45) is 0. The van der Waals surface area contributed by atoms with Gasteiger partial charge in [0.25, 0.3) is 0 Å². The molecule has 0 unspecified atom stereocenters. The third kappa shape index (κ3) is 2.88. The second-order valence-corrected chi connectivity index (χ2v) is 4.66. The molecule has 66 valence electrons. The number of hydrogen-bond acceptors (Lipinski definition) is 2. The van der Waals surface area contributed by atoms with E-state index in [0.717, 1.165) is 0 Å². The highest BCUT2D eigenvalue weighted by molar-refractivity contribution is 7.99. The SMILES string of the molecule is CC(C)Sc1ccc(CN)cc1. The number of hydrogen-bond donors (Lipinski definition) is 1. The molecule has 0 aliphatic heterocycles. The molecule has 12 heavy (non-hydrogen) atoms. The van der Waals surface area contributed by atoms with E-state index in [2.05, 4.69) is 38.1 Å². The Hall–Kier alpha value is -0.470. The van der Waals surface area contributed by atoms with Gasteiger partial charge in [-0.3, -0.25) is 0 Å². The summed E-state index contributed by atoms with van der Waals surface area (Å²) in [7, 11) is 0. The van der Waals surface area contributed by atoms with Crippen molar-refractivity contribution in [2.24, 2.45) is 5.73 Å². The Morgan fingerprint density at radius 2 is 1.83 bits per heavy atom. The molecule has 0 aromatic heterocycles. The van der Waals surface area contributed by atoms with Crippen molar-refractivity contribution in [3.8, 4) is 0 Å². The highest BCUT2D eigenvalue weighted by Gasteiger charge is 1.97. The highest BCUT2D eigenvalue weighted by Crippen LogP contribution is 2.22. The minimum atomic E-state index is 0.632. The molecular formula is C10H15NS. The Kier molecular flexibility index (Phi) is 3.63. The Bertz CT molecular complexity index is 228. The Balaban J connectivity index is 2.65. The van der Waals surface area contributed by atoms with Crippen LogP contribution in [-0.2, 0) is 6.54 Å². The molecule has 0 radical (unpaired) electrons. The van der Waals surface area contributed by atoms with Gasteiger partial charge in [-0.1, -0.05) is 26.0 Å². The first-order valence-electron chi connectivity index (χ1n) is 4.18. The van der Waals surface area contributed by atoms with Gasteiger partial charge in [-0.25, -0.2) is 0 Å². The predicted molar refractivity (Wildman–Crippen MR) is 55.3 cm³/mol. The summed E-state index contributed by atoms with van der Waals surface area (Å²) >= 11 is 1.88. The lowest BCUT2D eigenvalue weighted by atomic mass is 10.2. The normalized spacial score (nSPS) is 10.7. The second-order valence-electron chi connectivity index (χ2n) is 3.01. The Labute approximate surface area is 78.4 Å². The maximum absolute atomic E-state index is 5.49. The first-order chi connectivity index (χ1) is 5.72. The van der Waals surface area contributed by atoms with E-state index in [1.807, 2.05) is 11.8 Å². The molecular weight excluding hydrogens is 166 g/mol. The first kappa shape index (κ1) is 9.62. The Morgan fingerprint density at radius 3 is 2.25 bits per heavy atom. The van der Waals surface area contributed by atoms with Crippen LogP contribution in [0.1, 0.15) is 19.4 Å². The summed E-state index contributed by atoms with van der Waals surface area (Å²) in [6, 6.07) is 8.44. The molecule has 0 heterocycles. The zero-order valence-electron chi connectivity index (χ0n) is 7.58. The number of thioether (sulfide) groups is 1. The molecule has 2 N–H and O–H groups in total. The molecule has 1 aromatic rings. The number of nitrogens with two attached hydrogens (primary N) is 1. The molecule has 0 atom stereocenters. The monoisotopic (exact) mass is 181 g/mol. The molecule has 0 aliphatic carbocycles. The molecule has 2 heteroatoms. The molecule has 0 saturated carbocycles. The summed E-state index contributed by atoms with van der Waals surface area (Å²) in [5.41, 5.74) is 6.69. The second kappa shape index (κ2) is 4.53.